The van der Waals surface area contributed by atoms with Crippen LogP contribution in [0.5, 0.6) is 0 Å². The zero-order valence-electron chi connectivity index (χ0n) is 14.6. The first-order chi connectivity index (χ1) is 11.9. The number of anilines is 1. The van der Waals surface area contributed by atoms with E-state index in [0.29, 0.717) is 19.0 Å². The van der Waals surface area contributed by atoms with Crippen LogP contribution in [-0.4, -0.2) is 59.4 Å². The van der Waals surface area contributed by atoms with Crippen molar-refractivity contribution in [2.24, 2.45) is 4.99 Å². The van der Waals surface area contributed by atoms with E-state index in [9.17, 15) is 8.42 Å². The molecule has 2 rings (SSSR count). The van der Waals surface area contributed by atoms with E-state index in [2.05, 4.69) is 31.3 Å². The van der Waals surface area contributed by atoms with Gasteiger partial charge in [0, 0.05) is 50.0 Å². The summed E-state index contributed by atoms with van der Waals surface area (Å²) in [5.41, 5.74) is 1.12. The van der Waals surface area contributed by atoms with Gasteiger partial charge in [-0.2, -0.15) is 0 Å². The van der Waals surface area contributed by atoms with Crippen LogP contribution in [0, 0.1) is 0 Å². The predicted molar refractivity (Wildman–Crippen MR) is 104 cm³/mol. The highest BCUT2D eigenvalue weighted by Gasteiger charge is 2.23. The molecule has 1 aromatic carbocycles. The van der Waals surface area contributed by atoms with Crippen molar-refractivity contribution in [3.05, 3.63) is 29.3 Å². The van der Waals surface area contributed by atoms with Crippen LogP contribution in [0.15, 0.2) is 29.3 Å². The number of nitrogens with one attached hydrogen (secondary N) is 3. The SMILES string of the molecule is CCS(=O)(=O)NCCNC(=NC)NC1CCN(c2cccc(Cl)c2)C1. The maximum absolute atomic E-state index is 11.4. The third-order valence-electron chi connectivity index (χ3n) is 4.05. The van der Waals surface area contributed by atoms with E-state index in [1.54, 1.807) is 14.0 Å². The Morgan fingerprint density at radius 1 is 1.40 bits per heavy atom. The van der Waals surface area contributed by atoms with Gasteiger partial charge >= 0.3 is 0 Å². The fourth-order valence-electron chi connectivity index (χ4n) is 2.66. The summed E-state index contributed by atoms with van der Waals surface area (Å²) in [5, 5.41) is 7.24. The van der Waals surface area contributed by atoms with Crippen molar-refractivity contribution >= 4 is 33.3 Å². The Hall–Kier alpha value is -1.51. The van der Waals surface area contributed by atoms with Gasteiger partial charge in [-0.1, -0.05) is 17.7 Å². The second-order valence-electron chi connectivity index (χ2n) is 5.85. The molecule has 1 fully saturated rings. The van der Waals surface area contributed by atoms with Gasteiger partial charge in [-0.05, 0) is 31.5 Å². The van der Waals surface area contributed by atoms with E-state index < -0.39 is 10.0 Å². The zero-order chi connectivity index (χ0) is 18.3. The molecule has 140 valence electrons. The fraction of sp³-hybridized carbons (Fsp3) is 0.562. The zero-order valence-corrected chi connectivity index (χ0v) is 16.2. The Labute approximate surface area is 154 Å². The molecule has 0 amide bonds. The third kappa shape index (κ3) is 6.37. The van der Waals surface area contributed by atoms with Gasteiger partial charge in [0.05, 0.1) is 5.75 Å². The maximum Gasteiger partial charge on any atom is 0.211 e. The lowest BCUT2D eigenvalue weighted by Crippen LogP contribution is -2.46. The lowest BCUT2D eigenvalue weighted by Gasteiger charge is -2.20. The molecule has 1 unspecified atom stereocenters. The molecule has 0 aromatic heterocycles. The summed E-state index contributed by atoms with van der Waals surface area (Å²) in [4.78, 5) is 6.48. The molecule has 0 spiro atoms. The Bertz CT molecular complexity index is 696. The van der Waals surface area contributed by atoms with Crippen LogP contribution in [0.1, 0.15) is 13.3 Å². The predicted octanol–water partition coefficient (Wildman–Crippen LogP) is 1.02. The van der Waals surface area contributed by atoms with Gasteiger partial charge in [0.1, 0.15) is 0 Å². The molecule has 1 aliphatic heterocycles. The van der Waals surface area contributed by atoms with Crippen LogP contribution in [0.25, 0.3) is 0 Å². The second-order valence-corrected chi connectivity index (χ2v) is 8.38. The topological polar surface area (TPSA) is 85.8 Å². The van der Waals surface area contributed by atoms with E-state index in [4.69, 9.17) is 11.6 Å². The Kier molecular flexibility index (Phi) is 7.34. The summed E-state index contributed by atoms with van der Waals surface area (Å²) >= 11 is 6.06. The number of guanidine groups is 1. The fourth-order valence-corrected chi connectivity index (χ4v) is 3.46. The van der Waals surface area contributed by atoms with Gasteiger partial charge in [0.2, 0.25) is 10.0 Å². The maximum atomic E-state index is 11.4. The molecular weight excluding hydrogens is 362 g/mol. The van der Waals surface area contributed by atoms with E-state index >= 15 is 0 Å². The Morgan fingerprint density at radius 2 is 2.20 bits per heavy atom. The Balaban J connectivity index is 1.77. The minimum Gasteiger partial charge on any atom is -0.369 e. The summed E-state index contributed by atoms with van der Waals surface area (Å²) in [7, 11) is -1.45. The lowest BCUT2D eigenvalue weighted by molar-refractivity contribution is 0.581. The molecule has 3 N–H and O–H groups in total. The summed E-state index contributed by atoms with van der Waals surface area (Å²) in [5.74, 6) is 0.759. The van der Waals surface area contributed by atoms with Crippen LogP contribution in [0.4, 0.5) is 5.69 Å². The number of rotatable bonds is 7. The molecule has 0 saturated carbocycles. The summed E-state index contributed by atoms with van der Waals surface area (Å²) in [6.45, 7) is 4.23. The van der Waals surface area contributed by atoms with Crippen molar-refractivity contribution in [1.29, 1.82) is 0 Å². The van der Waals surface area contributed by atoms with Gasteiger partial charge in [0.25, 0.3) is 0 Å². The number of aliphatic imine (C=N–C) groups is 1. The van der Waals surface area contributed by atoms with Crippen LogP contribution in [0.2, 0.25) is 5.02 Å². The first kappa shape index (κ1) is 19.8. The van der Waals surface area contributed by atoms with Crippen molar-refractivity contribution in [2.75, 3.05) is 43.9 Å². The smallest absolute Gasteiger partial charge is 0.211 e. The monoisotopic (exact) mass is 387 g/mol. The molecule has 0 radical (unpaired) electrons. The van der Waals surface area contributed by atoms with Crippen molar-refractivity contribution in [3.8, 4) is 0 Å². The van der Waals surface area contributed by atoms with Crippen LogP contribution >= 0.6 is 11.6 Å². The molecule has 1 saturated heterocycles. The molecule has 1 aromatic rings. The molecule has 1 aliphatic rings. The van der Waals surface area contributed by atoms with Crippen LogP contribution in [-0.2, 0) is 10.0 Å². The number of hydrogen-bond donors (Lipinski definition) is 3. The highest BCUT2D eigenvalue weighted by atomic mass is 35.5. The average molecular weight is 388 g/mol. The normalized spacial score (nSPS) is 18.4. The number of halogens is 1. The van der Waals surface area contributed by atoms with E-state index in [-0.39, 0.29) is 11.8 Å². The molecule has 0 aliphatic carbocycles. The average Bonchev–Trinajstić information content (AvgIpc) is 3.06. The Morgan fingerprint density at radius 3 is 2.88 bits per heavy atom. The van der Waals surface area contributed by atoms with Gasteiger partial charge in [-0.15, -0.1) is 0 Å². The quantitative estimate of drug-likeness (QED) is 0.369. The van der Waals surface area contributed by atoms with Gasteiger partial charge in [-0.25, -0.2) is 13.1 Å². The number of hydrogen-bond acceptors (Lipinski definition) is 4. The summed E-state index contributed by atoms with van der Waals surface area (Å²) in [6, 6.07) is 8.13. The molecule has 0 bridgehead atoms. The van der Waals surface area contributed by atoms with E-state index in [1.807, 2.05) is 18.2 Å². The van der Waals surface area contributed by atoms with Crippen molar-refractivity contribution in [1.82, 2.24) is 15.4 Å². The first-order valence-corrected chi connectivity index (χ1v) is 10.4. The third-order valence-corrected chi connectivity index (χ3v) is 5.68. The molecule has 9 heteroatoms. The summed E-state index contributed by atoms with van der Waals surface area (Å²) < 4.78 is 25.3. The minimum atomic E-state index is -3.16. The minimum absolute atomic E-state index is 0.0847. The molecule has 1 heterocycles. The molecular formula is C16H26ClN5O2S. The number of nitrogens with zero attached hydrogens (tertiary/aromatic N) is 2. The number of benzene rings is 1. The number of sulfonamides is 1. The molecule has 7 nitrogen and oxygen atoms in total. The highest BCUT2D eigenvalue weighted by molar-refractivity contribution is 7.89. The van der Waals surface area contributed by atoms with Gasteiger partial charge in [-0.3, -0.25) is 4.99 Å². The standard InChI is InChI=1S/C16H26ClN5O2S/c1-3-25(23,24)20-9-8-19-16(18-2)21-14-7-10-22(12-14)15-6-4-5-13(17)11-15/h4-6,11,14,20H,3,7-10,12H2,1-2H3,(H2,18,19,21). The second kappa shape index (κ2) is 9.26. The molecule has 1 atom stereocenters. The molecule has 25 heavy (non-hydrogen) atoms. The first-order valence-electron chi connectivity index (χ1n) is 8.38. The van der Waals surface area contributed by atoms with E-state index in [0.717, 1.165) is 30.2 Å². The lowest BCUT2D eigenvalue weighted by atomic mass is 10.3. The van der Waals surface area contributed by atoms with Crippen LogP contribution in [0.3, 0.4) is 0 Å². The van der Waals surface area contributed by atoms with Crippen molar-refractivity contribution < 1.29 is 8.42 Å². The van der Waals surface area contributed by atoms with Crippen molar-refractivity contribution in [2.45, 2.75) is 19.4 Å². The van der Waals surface area contributed by atoms with Gasteiger partial charge < -0.3 is 15.5 Å². The summed E-state index contributed by atoms with van der Waals surface area (Å²) in [6.07, 6.45) is 0.996. The van der Waals surface area contributed by atoms with Crippen molar-refractivity contribution in [3.63, 3.8) is 0 Å². The largest absolute Gasteiger partial charge is 0.369 e. The van der Waals surface area contributed by atoms with Crippen LogP contribution < -0.4 is 20.3 Å². The van der Waals surface area contributed by atoms with Gasteiger partial charge in [0.15, 0.2) is 5.96 Å². The highest BCUT2D eigenvalue weighted by Crippen LogP contribution is 2.23. The van der Waals surface area contributed by atoms with E-state index in [1.165, 1.54) is 0 Å².